The van der Waals surface area contributed by atoms with E-state index in [1.807, 2.05) is 11.9 Å². The van der Waals surface area contributed by atoms with E-state index in [1.54, 1.807) is 0 Å². The van der Waals surface area contributed by atoms with Crippen LogP contribution in [0, 0.1) is 5.82 Å². The summed E-state index contributed by atoms with van der Waals surface area (Å²) in [7, 11) is 0. The number of anilines is 1. The van der Waals surface area contributed by atoms with Crippen LogP contribution in [-0.4, -0.2) is 33.7 Å². The Balaban J connectivity index is 2.89. The highest BCUT2D eigenvalue weighted by atomic mass is 35.5. The molecule has 144 valence electrons. The van der Waals surface area contributed by atoms with Crippen molar-refractivity contribution in [2.45, 2.75) is 19.8 Å². The summed E-state index contributed by atoms with van der Waals surface area (Å²) in [5, 5.41) is 18.5. The van der Waals surface area contributed by atoms with Gasteiger partial charge in [0.15, 0.2) is 11.6 Å². The van der Waals surface area contributed by atoms with E-state index in [-0.39, 0.29) is 17.4 Å². The Hall–Kier alpha value is -3.07. The first-order valence-corrected chi connectivity index (χ1v) is 8.21. The minimum absolute atomic E-state index is 0.184. The Kier molecular flexibility index (Phi) is 6.06. The van der Waals surface area contributed by atoms with Gasteiger partial charge in [0.05, 0.1) is 11.6 Å². The first kappa shape index (κ1) is 20.2. The maximum atomic E-state index is 15.0. The Morgan fingerprint density at radius 3 is 2.41 bits per heavy atom. The van der Waals surface area contributed by atoms with E-state index >= 15 is 4.39 Å². The average Bonchev–Trinajstić information content (AvgIpc) is 2.56. The van der Waals surface area contributed by atoms with Gasteiger partial charge in [-0.3, -0.25) is 4.79 Å². The van der Waals surface area contributed by atoms with E-state index in [0.717, 1.165) is 6.42 Å². The van der Waals surface area contributed by atoms with Crippen LogP contribution in [0.1, 0.15) is 40.5 Å². The van der Waals surface area contributed by atoms with Crippen LogP contribution in [0.2, 0.25) is 5.02 Å². The van der Waals surface area contributed by atoms with Gasteiger partial charge in [0, 0.05) is 11.1 Å². The van der Waals surface area contributed by atoms with Crippen molar-refractivity contribution in [3.8, 4) is 16.9 Å². The number of nitrogens with two attached hydrogens (primary N) is 1. The minimum atomic E-state index is -1.76. The number of carboxylic acid groups (broad SMARTS) is 2. The number of hydrogen-bond acceptors (Lipinski definition) is 5. The highest BCUT2D eigenvalue weighted by molar-refractivity contribution is 6.34. The molecule has 27 heavy (non-hydrogen) atoms. The molecule has 0 bridgehead atoms. The predicted molar refractivity (Wildman–Crippen MR) is 96.2 cm³/mol. The molecule has 0 atom stereocenters. The number of nitrogen functional groups attached to an aromatic ring is 1. The summed E-state index contributed by atoms with van der Waals surface area (Å²) in [5.74, 6) is -5.39. The van der Waals surface area contributed by atoms with Crippen molar-refractivity contribution < 1.29 is 28.9 Å². The molecule has 0 saturated heterocycles. The van der Waals surface area contributed by atoms with Crippen LogP contribution < -0.4 is 16.0 Å². The molecule has 1 heterocycles. The van der Waals surface area contributed by atoms with Gasteiger partial charge in [-0.15, -0.1) is 0 Å². The van der Waals surface area contributed by atoms with Crippen LogP contribution in [0.5, 0.6) is 5.75 Å². The standard InChI is InChI=1S/C17H16ClFN2O6/c1-2-3-6-27-8-5-4-7(18)9(13(8)19)10-11(16(23)24)14(20)21-15(22)12(10)17(25)26/h4-5H,2-3,6H2,1H3,(H,23,24)(H,25,26)(H3,20,21,22). The molecule has 0 aliphatic carbocycles. The number of hydrogen-bond donors (Lipinski definition) is 4. The summed E-state index contributed by atoms with van der Waals surface area (Å²) in [6, 6.07) is 2.45. The number of ether oxygens (including phenoxy) is 1. The van der Waals surface area contributed by atoms with Crippen molar-refractivity contribution >= 4 is 29.4 Å². The molecule has 0 aliphatic rings. The van der Waals surface area contributed by atoms with Gasteiger partial charge in [0.1, 0.15) is 16.9 Å². The van der Waals surface area contributed by atoms with E-state index in [0.29, 0.717) is 6.42 Å². The number of aromatic carboxylic acids is 2. The van der Waals surface area contributed by atoms with E-state index in [2.05, 4.69) is 0 Å². The summed E-state index contributed by atoms with van der Waals surface area (Å²) in [4.78, 5) is 37.2. The number of H-pyrrole nitrogens is 1. The minimum Gasteiger partial charge on any atom is -0.490 e. The van der Waals surface area contributed by atoms with Gasteiger partial charge in [-0.1, -0.05) is 24.9 Å². The van der Waals surface area contributed by atoms with Gasteiger partial charge in [-0.05, 0) is 18.6 Å². The largest absolute Gasteiger partial charge is 0.490 e. The number of pyridine rings is 1. The fraction of sp³-hybridized carbons (Fsp3) is 0.235. The van der Waals surface area contributed by atoms with Crippen LogP contribution in [0.4, 0.5) is 10.2 Å². The highest BCUT2D eigenvalue weighted by Gasteiger charge is 2.30. The van der Waals surface area contributed by atoms with Crippen molar-refractivity contribution in [1.29, 1.82) is 0 Å². The molecule has 8 nitrogen and oxygen atoms in total. The Morgan fingerprint density at radius 2 is 1.85 bits per heavy atom. The number of benzene rings is 1. The summed E-state index contributed by atoms with van der Waals surface area (Å²) in [6.07, 6.45) is 1.43. The molecule has 2 aromatic rings. The summed E-state index contributed by atoms with van der Waals surface area (Å²) in [6.45, 7) is 2.09. The number of unbranched alkanes of at least 4 members (excludes halogenated alkanes) is 1. The lowest BCUT2D eigenvalue weighted by Crippen LogP contribution is -2.24. The maximum absolute atomic E-state index is 15.0. The topological polar surface area (TPSA) is 143 Å². The number of carboxylic acids is 2. The van der Waals surface area contributed by atoms with Crippen molar-refractivity contribution in [3.63, 3.8) is 0 Å². The zero-order valence-corrected chi connectivity index (χ0v) is 14.9. The molecule has 0 amide bonds. The molecule has 0 spiro atoms. The summed E-state index contributed by atoms with van der Waals surface area (Å²) in [5.41, 5.74) is 1.27. The van der Waals surface area contributed by atoms with Gasteiger partial charge >= 0.3 is 11.9 Å². The highest BCUT2D eigenvalue weighted by Crippen LogP contribution is 2.39. The third-order valence-electron chi connectivity index (χ3n) is 3.73. The van der Waals surface area contributed by atoms with Crippen LogP contribution >= 0.6 is 11.6 Å². The summed E-state index contributed by atoms with van der Waals surface area (Å²) >= 11 is 6.02. The third-order valence-corrected chi connectivity index (χ3v) is 4.05. The Bertz CT molecular complexity index is 973. The monoisotopic (exact) mass is 398 g/mol. The molecular formula is C17H16ClFN2O6. The molecule has 0 unspecified atom stereocenters. The Morgan fingerprint density at radius 1 is 1.22 bits per heavy atom. The maximum Gasteiger partial charge on any atom is 0.342 e. The number of aromatic nitrogens is 1. The number of nitrogens with one attached hydrogen (secondary N) is 1. The lowest BCUT2D eigenvalue weighted by Gasteiger charge is -2.16. The van der Waals surface area contributed by atoms with Crippen molar-refractivity contribution in [1.82, 2.24) is 4.98 Å². The second kappa shape index (κ2) is 8.09. The van der Waals surface area contributed by atoms with Crippen LogP contribution in [0.15, 0.2) is 16.9 Å². The van der Waals surface area contributed by atoms with Gasteiger partial charge in [-0.2, -0.15) is 0 Å². The van der Waals surface area contributed by atoms with Gasteiger partial charge in [0.25, 0.3) is 5.56 Å². The molecule has 10 heteroatoms. The van der Waals surface area contributed by atoms with E-state index in [4.69, 9.17) is 22.1 Å². The smallest absolute Gasteiger partial charge is 0.342 e. The van der Waals surface area contributed by atoms with Crippen molar-refractivity contribution in [2.24, 2.45) is 0 Å². The molecule has 0 radical (unpaired) electrons. The molecule has 1 aromatic heterocycles. The first-order chi connectivity index (χ1) is 12.7. The second-order valence-electron chi connectivity index (χ2n) is 5.54. The molecule has 0 aliphatic heterocycles. The van der Waals surface area contributed by atoms with E-state index < -0.39 is 51.4 Å². The molecular weight excluding hydrogens is 383 g/mol. The number of carbonyl (C=O) groups is 2. The molecule has 0 saturated carbocycles. The zero-order chi connectivity index (χ0) is 20.3. The fourth-order valence-electron chi connectivity index (χ4n) is 2.50. The predicted octanol–water partition coefficient (Wildman–Crippen LogP) is 2.99. The first-order valence-electron chi connectivity index (χ1n) is 7.84. The number of aromatic amines is 1. The molecule has 0 fully saturated rings. The fourth-order valence-corrected chi connectivity index (χ4v) is 2.74. The lowest BCUT2D eigenvalue weighted by atomic mass is 9.94. The molecule has 2 rings (SSSR count). The quantitative estimate of drug-likeness (QED) is 0.525. The number of halogens is 2. The lowest BCUT2D eigenvalue weighted by molar-refractivity contribution is 0.0695. The second-order valence-corrected chi connectivity index (χ2v) is 5.95. The number of rotatable bonds is 7. The third kappa shape index (κ3) is 3.87. The SMILES string of the molecule is CCCCOc1ccc(Cl)c(-c2c(C(=O)O)c(N)[nH]c(=O)c2C(=O)O)c1F. The van der Waals surface area contributed by atoms with Gasteiger partial charge in [-0.25, -0.2) is 14.0 Å². The van der Waals surface area contributed by atoms with Crippen LogP contribution in [0.3, 0.4) is 0 Å². The van der Waals surface area contributed by atoms with Crippen molar-refractivity contribution in [3.05, 3.63) is 44.5 Å². The van der Waals surface area contributed by atoms with Gasteiger partial charge < -0.3 is 25.7 Å². The van der Waals surface area contributed by atoms with E-state index in [9.17, 15) is 24.6 Å². The average molecular weight is 399 g/mol. The van der Waals surface area contributed by atoms with Crippen molar-refractivity contribution in [2.75, 3.05) is 12.3 Å². The Labute approximate surface area is 157 Å². The van der Waals surface area contributed by atoms with Crippen LogP contribution in [-0.2, 0) is 0 Å². The zero-order valence-electron chi connectivity index (χ0n) is 14.1. The summed E-state index contributed by atoms with van der Waals surface area (Å²) < 4.78 is 20.4. The van der Waals surface area contributed by atoms with Crippen LogP contribution in [0.25, 0.3) is 11.1 Å². The van der Waals surface area contributed by atoms with Gasteiger partial charge in [0.2, 0.25) is 0 Å². The normalized spacial score (nSPS) is 10.6. The molecule has 1 aromatic carbocycles. The van der Waals surface area contributed by atoms with E-state index in [1.165, 1.54) is 12.1 Å². The molecule has 5 N–H and O–H groups in total.